The van der Waals surface area contributed by atoms with Gasteiger partial charge in [-0.25, -0.2) is 4.39 Å². The molecule has 1 aliphatic heterocycles. The second kappa shape index (κ2) is 9.52. The third-order valence-corrected chi connectivity index (χ3v) is 6.55. The summed E-state index contributed by atoms with van der Waals surface area (Å²) in [6, 6.07) is 15.7. The normalized spacial score (nSPS) is 14.6. The van der Waals surface area contributed by atoms with Gasteiger partial charge in [-0.05, 0) is 61.0 Å². The number of nitrogens with zero attached hydrogens (tertiary/aromatic N) is 3. The topological polar surface area (TPSA) is 73.1 Å². The van der Waals surface area contributed by atoms with Crippen molar-refractivity contribution in [2.75, 3.05) is 11.1 Å². The Balaban J connectivity index is 1.51. The van der Waals surface area contributed by atoms with Crippen LogP contribution in [0.4, 0.5) is 10.1 Å². The summed E-state index contributed by atoms with van der Waals surface area (Å²) >= 11 is 5.09. The molecule has 1 aliphatic rings. The molecule has 0 saturated heterocycles. The van der Waals surface area contributed by atoms with Crippen molar-refractivity contribution in [3.8, 4) is 28.5 Å². The second-order valence-corrected chi connectivity index (χ2v) is 9.47. The molecule has 1 unspecified atom stereocenters. The number of hydrogen-bond donors (Lipinski definition) is 1. The van der Waals surface area contributed by atoms with Crippen LogP contribution in [0.2, 0.25) is 0 Å². The number of hydrogen-bond acceptors (Lipinski definition) is 7. The molecule has 5 rings (SSSR count). The number of benzene rings is 2. The number of anilines is 1. The van der Waals surface area contributed by atoms with Gasteiger partial charge >= 0.3 is 0 Å². The molecule has 9 heteroatoms. The largest absolute Gasteiger partial charge is 0.455 e. The predicted molar refractivity (Wildman–Crippen MR) is 130 cm³/mol. The van der Waals surface area contributed by atoms with E-state index in [4.69, 9.17) is 9.15 Å². The first-order valence-corrected chi connectivity index (χ1v) is 12.3. The quantitative estimate of drug-likeness (QED) is 0.212. The highest BCUT2D eigenvalue weighted by atomic mass is 79.9. The lowest BCUT2D eigenvalue weighted by Crippen LogP contribution is -2.16. The summed E-state index contributed by atoms with van der Waals surface area (Å²) in [5, 5.41) is 12.7. The lowest BCUT2D eigenvalue weighted by Gasteiger charge is -2.16. The summed E-state index contributed by atoms with van der Waals surface area (Å²) in [5.74, 6) is 2.19. The first-order chi connectivity index (χ1) is 16.1. The zero-order chi connectivity index (χ0) is 22.8. The van der Waals surface area contributed by atoms with Crippen LogP contribution in [-0.2, 0) is 0 Å². The van der Waals surface area contributed by atoms with E-state index in [1.807, 2.05) is 30.3 Å². The molecule has 2 aromatic heterocycles. The Bertz CT molecular complexity index is 1280. The van der Waals surface area contributed by atoms with Crippen molar-refractivity contribution < 1.29 is 13.5 Å². The van der Waals surface area contributed by atoms with Gasteiger partial charge in [0.2, 0.25) is 17.3 Å². The van der Waals surface area contributed by atoms with Gasteiger partial charge in [0, 0.05) is 27.0 Å². The van der Waals surface area contributed by atoms with Crippen LogP contribution in [0, 0.1) is 5.82 Å². The monoisotopic (exact) mass is 526 g/mol. The minimum Gasteiger partial charge on any atom is -0.455 e. The number of furan rings is 1. The van der Waals surface area contributed by atoms with Crippen molar-refractivity contribution in [3.63, 3.8) is 0 Å². The third-order valence-electron chi connectivity index (χ3n) is 5.13. The van der Waals surface area contributed by atoms with Crippen molar-refractivity contribution in [1.29, 1.82) is 0 Å². The summed E-state index contributed by atoms with van der Waals surface area (Å²) < 4.78 is 26.6. The molecule has 0 radical (unpaired) electrons. The fraction of sp³-hybridized carbons (Fsp3) is 0.208. The molecule has 0 amide bonds. The van der Waals surface area contributed by atoms with Gasteiger partial charge in [0.05, 0.1) is 0 Å². The van der Waals surface area contributed by atoms with E-state index in [9.17, 15) is 4.39 Å². The van der Waals surface area contributed by atoms with Crippen LogP contribution in [-0.4, -0.2) is 20.9 Å². The Morgan fingerprint density at radius 1 is 1.09 bits per heavy atom. The molecule has 0 saturated carbocycles. The summed E-state index contributed by atoms with van der Waals surface area (Å²) in [6.45, 7) is 2.15. The number of thioether (sulfide) groups is 1. The van der Waals surface area contributed by atoms with Crippen LogP contribution in [0.5, 0.6) is 5.88 Å². The summed E-state index contributed by atoms with van der Waals surface area (Å²) in [5.41, 5.74) is 2.99. The third kappa shape index (κ3) is 4.74. The average molecular weight is 527 g/mol. The number of fused-ring (bicyclic) bond motifs is 3. The Labute approximate surface area is 203 Å². The fourth-order valence-corrected chi connectivity index (χ4v) is 4.65. The fourth-order valence-electron chi connectivity index (χ4n) is 3.43. The molecule has 6 nitrogen and oxygen atoms in total. The van der Waals surface area contributed by atoms with Crippen LogP contribution in [0.1, 0.15) is 31.8 Å². The summed E-state index contributed by atoms with van der Waals surface area (Å²) in [6.07, 6.45) is 1.54. The van der Waals surface area contributed by atoms with E-state index in [1.54, 1.807) is 23.9 Å². The van der Waals surface area contributed by atoms with Crippen LogP contribution in [0.3, 0.4) is 0 Å². The maximum Gasteiger partial charge on any atom is 0.247 e. The molecule has 33 heavy (non-hydrogen) atoms. The zero-order valence-corrected chi connectivity index (χ0v) is 20.1. The Morgan fingerprint density at radius 2 is 1.94 bits per heavy atom. The molecule has 0 spiro atoms. The van der Waals surface area contributed by atoms with Crippen LogP contribution < -0.4 is 10.1 Å². The first-order valence-electron chi connectivity index (χ1n) is 10.6. The van der Waals surface area contributed by atoms with Gasteiger partial charge in [0.25, 0.3) is 0 Å². The van der Waals surface area contributed by atoms with Crippen molar-refractivity contribution in [3.05, 3.63) is 70.6 Å². The molecule has 1 N–H and O–H groups in total. The smallest absolute Gasteiger partial charge is 0.247 e. The molecule has 0 fully saturated rings. The van der Waals surface area contributed by atoms with E-state index in [0.29, 0.717) is 28.3 Å². The van der Waals surface area contributed by atoms with Gasteiger partial charge in [0.15, 0.2) is 11.5 Å². The van der Waals surface area contributed by atoms with Gasteiger partial charge in [0.1, 0.15) is 11.6 Å². The molecule has 3 heterocycles. The minimum atomic E-state index is -0.634. The molecule has 4 aromatic rings. The Hall–Kier alpha value is -2.91. The molecular weight excluding hydrogens is 507 g/mol. The number of nitrogens with one attached hydrogen (secondary N) is 1. The summed E-state index contributed by atoms with van der Waals surface area (Å²) in [4.78, 5) is 4.65. The molecule has 168 valence electrons. The van der Waals surface area contributed by atoms with E-state index < -0.39 is 6.23 Å². The zero-order valence-electron chi connectivity index (χ0n) is 17.7. The standard InChI is InChI=1S/C24H20BrFN4O2S/c1-2-3-12-33-24-28-23-21(29-30-24)17-13-15(25)6-9-18(17)27-22(32-23)20-11-10-19(31-20)14-4-7-16(26)8-5-14/h4-11,13,22,27H,2-3,12H2,1H3. The van der Waals surface area contributed by atoms with Gasteiger partial charge in [-0.3, -0.25) is 0 Å². The first kappa shape index (κ1) is 21.9. The predicted octanol–water partition coefficient (Wildman–Crippen LogP) is 7.10. The molecule has 1 atom stereocenters. The van der Waals surface area contributed by atoms with Crippen LogP contribution in [0.25, 0.3) is 22.6 Å². The van der Waals surface area contributed by atoms with Crippen molar-refractivity contribution in [2.24, 2.45) is 0 Å². The number of unbranched alkanes of at least 4 members (excludes halogenated alkanes) is 1. The summed E-state index contributed by atoms with van der Waals surface area (Å²) in [7, 11) is 0. The van der Waals surface area contributed by atoms with Crippen molar-refractivity contribution >= 4 is 33.4 Å². The van der Waals surface area contributed by atoms with E-state index >= 15 is 0 Å². The van der Waals surface area contributed by atoms with Gasteiger partial charge in [-0.1, -0.05) is 41.0 Å². The number of aromatic nitrogens is 3. The second-order valence-electron chi connectivity index (χ2n) is 7.49. The Kier molecular flexibility index (Phi) is 6.32. The van der Waals surface area contributed by atoms with E-state index in [2.05, 4.69) is 43.4 Å². The van der Waals surface area contributed by atoms with E-state index in [1.165, 1.54) is 12.1 Å². The lowest BCUT2D eigenvalue weighted by molar-refractivity contribution is 0.196. The van der Waals surface area contributed by atoms with Crippen molar-refractivity contribution in [2.45, 2.75) is 31.1 Å². The number of halogens is 2. The molecule has 0 aliphatic carbocycles. The molecule has 2 aromatic carbocycles. The Morgan fingerprint density at radius 3 is 2.76 bits per heavy atom. The highest BCUT2D eigenvalue weighted by molar-refractivity contribution is 9.10. The number of ether oxygens (including phenoxy) is 1. The van der Waals surface area contributed by atoms with Crippen LogP contribution in [0.15, 0.2) is 68.6 Å². The van der Waals surface area contributed by atoms with Crippen LogP contribution >= 0.6 is 27.7 Å². The van der Waals surface area contributed by atoms with E-state index in [-0.39, 0.29) is 5.82 Å². The average Bonchev–Trinajstić information content (AvgIpc) is 3.25. The maximum absolute atomic E-state index is 13.3. The van der Waals surface area contributed by atoms with Gasteiger partial charge in [-0.2, -0.15) is 4.98 Å². The van der Waals surface area contributed by atoms with Gasteiger partial charge < -0.3 is 14.5 Å². The number of rotatable bonds is 6. The molecular formula is C24H20BrFN4O2S. The maximum atomic E-state index is 13.3. The van der Waals surface area contributed by atoms with E-state index in [0.717, 1.165) is 39.9 Å². The van der Waals surface area contributed by atoms with Gasteiger partial charge in [-0.15, -0.1) is 10.2 Å². The highest BCUT2D eigenvalue weighted by Crippen LogP contribution is 2.41. The lowest BCUT2D eigenvalue weighted by atomic mass is 10.1. The van der Waals surface area contributed by atoms with Crippen molar-refractivity contribution in [1.82, 2.24) is 15.2 Å². The minimum absolute atomic E-state index is 0.293. The highest BCUT2D eigenvalue weighted by Gasteiger charge is 2.28. The SMILES string of the molecule is CCCCSc1nnc2c(n1)OC(c1ccc(-c3ccc(F)cc3)o1)Nc1ccc(Br)cc1-2. The molecule has 0 bridgehead atoms.